The summed E-state index contributed by atoms with van der Waals surface area (Å²) in [6, 6.07) is 0.897. The molecule has 1 heteroatoms. The van der Waals surface area contributed by atoms with Crippen LogP contribution >= 0.6 is 0 Å². The average molecular weight is 225 g/mol. The van der Waals surface area contributed by atoms with E-state index in [2.05, 4.69) is 18.7 Å². The van der Waals surface area contributed by atoms with Crippen molar-refractivity contribution >= 4 is 0 Å². The van der Waals surface area contributed by atoms with Crippen LogP contribution in [0.25, 0.3) is 0 Å². The van der Waals surface area contributed by atoms with Crippen LogP contribution in [0.4, 0.5) is 0 Å². The minimum Gasteiger partial charge on any atom is -0.300 e. The number of nitrogens with zero attached hydrogens (tertiary/aromatic N) is 1. The van der Waals surface area contributed by atoms with E-state index in [0.29, 0.717) is 0 Å². The van der Waals surface area contributed by atoms with E-state index < -0.39 is 0 Å². The molecule has 1 saturated heterocycles. The molecule has 0 aliphatic carbocycles. The van der Waals surface area contributed by atoms with Crippen molar-refractivity contribution in [3.8, 4) is 0 Å². The summed E-state index contributed by atoms with van der Waals surface area (Å²) in [5, 5.41) is 0. The normalized spacial score (nSPS) is 19.1. The van der Waals surface area contributed by atoms with Gasteiger partial charge in [-0.25, -0.2) is 0 Å². The maximum atomic E-state index is 2.73. The van der Waals surface area contributed by atoms with E-state index >= 15 is 0 Å². The Morgan fingerprint density at radius 1 is 0.875 bits per heavy atom. The third-order valence-corrected chi connectivity index (χ3v) is 4.02. The van der Waals surface area contributed by atoms with Gasteiger partial charge in [0.1, 0.15) is 0 Å². The van der Waals surface area contributed by atoms with Crippen LogP contribution in [-0.2, 0) is 0 Å². The maximum Gasteiger partial charge on any atom is 0.00926 e. The summed E-state index contributed by atoms with van der Waals surface area (Å²) in [5.41, 5.74) is 0. The van der Waals surface area contributed by atoms with E-state index in [1.807, 2.05) is 0 Å². The van der Waals surface area contributed by atoms with Crippen molar-refractivity contribution in [2.75, 3.05) is 13.1 Å². The molecule has 0 amide bonds. The van der Waals surface area contributed by atoms with E-state index in [4.69, 9.17) is 0 Å². The van der Waals surface area contributed by atoms with Gasteiger partial charge in [-0.3, -0.25) is 0 Å². The predicted molar refractivity (Wildman–Crippen MR) is 72.9 cm³/mol. The predicted octanol–water partition coefficient (Wildman–Crippen LogP) is 4.61. The van der Waals surface area contributed by atoms with Gasteiger partial charge in [-0.2, -0.15) is 0 Å². The summed E-state index contributed by atoms with van der Waals surface area (Å²) >= 11 is 0. The second-order valence-electron chi connectivity index (χ2n) is 5.36. The Bertz CT molecular complexity index is 150. The molecular weight excluding hydrogens is 194 g/mol. The number of unbranched alkanes of at least 4 members (excludes halogenated alkanes) is 5. The third-order valence-electron chi connectivity index (χ3n) is 4.02. The van der Waals surface area contributed by atoms with Crippen LogP contribution in [0.3, 0.4) is 0 Å². The number of hydrogen-bond acceptors (Lipinski definition) is 1. The largest absolute Gasteiger partial charge is 0.300 e. The summed E-state index contributed by atoms with van der Waals surface area (Å²) in [6.45, 7) is 7.39. The van der Waals surface area contributed by atoms with Crippen LogP contribution in [-0.4, -0.2) is 24.0 Å². The number of rotatable bonds is 9. The van der Waals surface area contributed by atoms with E-state index in [0.717, 1.165) is 6.04 Å². The molecule has 0 radical (unpaired) electrons. The zero-order valence-electron chi connectivity index (χ0n) is 11.5. The van der Waals surface area contributed by atoms with Crippen LogP contribution in [0.1, 0.15) is 78.1 Å². The molecule has 0 saturated carbocycles. The molecule has 0 aromatic heterocycles. The van der Waals surface area contributed by atoms with Gasteiger partial charge < -0.3 is 4.90 Å². The van der Waals surface area contributed by atoms with Crippen molar-refractivity contribution in [1.29, 1.82) is 0 Å². The van der Waals surface area contributed by atoms with Crippen LogP contribution in [0.5, 0.6) is 0 Å². The highest BCUT2D eigenvalue weighted by Gasteiger charge is 2.19. The summed E-state index contributed by atoms with van der Waals surface area (Å²) in [7, 11) is 0. The molecule has 0 aromatic carbocycles. The lowest BCUT2D eigenvalue weighted by atomic mass is 10.0. The summed E-state index contributed by atoms with van der Waals surface area (Å²) < 4.78 is 0. The highest BCUT2D eigenvalue weighted by molar-refractivity contribution is 4.75. The standard InChI is InChI=1S/C15H31N/c1-3-5-6-7-8-9-12-15(4-2)16-13-10-11-14-16/h15H,3-14H2,1-2H3. The first-order chi connectivity index (χ1) is 7.88. The van der Waals surface area contributed by atoms with Gasteiger partial charge in [-0.15, -0.1) is 0 Å². The molecule has 1 fully saturated rings. The molecule has 0 aromatic rings. The molecule has 96 valence electrons. The Labute approximate surface area is 103 Å². The smallest absolute Gasteiger partial charge is 0.00926 e. The quantitative estimate of drug-likeness (QED) is 0.518. The van der Waals surface area contributed by atoms with Gasteiger partial charge >= 0.3 is 0 Å². The monoisotopic (exact) mass is 225 g/mol. The van der Waals surface area contributed by atoms with E-state index in [-0.39, 0.29) is 0 Å². The first kappa shape index (κ1) is 14.0. The lowest BCUT2D eigenvalue weighted by molar-refractivity contribution is 0.219. The molecular formula is C15H31N. The van der Waals surface area contributed by atoms with Crippen LogP contribution in [0.15, 0.2) is 0 Å². The molecule has 1 aliphatic heterocycles. The molecule has 0 N–H and O–H groups in total. The van der Waals surface area contributed by atoms with Crippen LogP contribution in [0.2, 0.25) is 0 Å². The molecule has 16 heavy (non-hydrogen) atoms. The van der Waals surface area contributed by atoms with Gasteiger partial charge in [0.2, 0.25) is 0 Å². The van der Waals surface area contributed by atoms with Crippen molar-refractivity contribution in [1.82, 2.24) is 4.90 Å². The lowest BCUT2D eigenvalue weighted by Gasteiger charge is -2.26. The Kier molecular flexibility index (Phi) is 7.92. The van der Waals surface area contributed by atoms with Gasteiger partial charge in [0, 0.05) is 6.04 Å². The zero-order valence-corrected chi connectivity index (χ0v) is 11.5. The fourth-order valence-electron chi connectivity index (χ4n) is 2.91. The Balaban J connectivity index is 2.00. The Hall–Kier alpha value is -0.0400. The fourth-order valence-corrected chi connectivity index (χ4v) is 2.91. The molecule has 1 nitrogen and oxygen atoms in total. The Morgan fingerprint density at radius 3 is 2.12 bits per heavy atom. The fraction of sp³-hybridized carbons (Fsp3) is 1.00. The molecule has 1 aliphatic rings. The molecule has 1 atom stereocenters. The second-order valence-corrected chi connectivity index (χ2v) is 5.36. The summed E-state index contributed by atoms with van der Waals surface area (Å²) in [4.78, 5) is 2.73. The van der Waals surface area contributed by atoms with Crippen molar-refractivity contribution in [3.05, 3.63) is 0 Å². The summed E-state index contributed by atoms with van der Waals surface area (Å²) in [6.07, 6.45) is 14.3. The minimum absolute atomic E-state index is 0.897. The van der Waals surface area contributed by atoms with Gasteiger partial charge in [-0.05, 0) is 38.8 Å². The van der Waals surface area contributed by atoms with Gasteiger partial charge in [0.25, 0.3) is 0 Å². The van der Waals surface area contributed by atoms with E-state index in [9.17, 15) is 0 Å². The molecule has 1 unspecified atom stereocenters. The van der Waals surface area contributed by atoms with Gasteiger partial charge in [-0.1, -0.05) is 52.4 Å². The summed E-state index contributed by atoms with van der Waals surface area (Å²) in [5.74, 6) is 0. The zero-order chi connectivity index (χ0) is 11.6. The number of hydrogen-bond donors (Lipinski definition) is 0. The first-order valence-electron chi connectivity index (χ1n) is 7.62. The van der Waals surface area contributed by atoms with E-state index in [1.54, 1.807) is 0 Å². The minimum atomic E-state index is 0.897. The highest BCUT2D eigenvalue weighted by Crippen LogP contribution is 2.19. The topological polar surface area (TPSA) is 3.24 Å². The van der Waals surface area contributed by atoms with Crippen molar-refractivity contribution in [3.63, 3.8) is 0 Å². The third kappa shape index (κ3) is 5.34. The Morgan fingerprint density at radius 2 is 1.50 bits per heavy atom. The van der Waals surface area contributed by atoms with E-state index in [1.165, 1.54) is 77.3 Å². The molecule has 1 heterocycles. The molecule has 0 bridgehead atoms. The molecule has 0 spiro atoms. The van der Waals surface area contributed by atoms with Crippen LogP contribution in [0, 0.1) is 0 Å². The SMILES string of the molecule is CCCCCCCCC(CC)N1CCCC1. The van der Waals surface area contributed by atoms with Crippen LogP contribution < -0.4 is 0 Å². The van der Waals surface area contributed by atoms with Crippen molar-refractivity contribution in [2.24, 2.45) is 0 Å². The van der Waals surface area contributed by atoms with Crippen molar-refractivity contribution < 1.29 is 0 Å². The first-order valence-corrected chi connectivity index (χ1v) is 7.62. The maximum absolute atomic E-state index is 2.73. The second kappa shape index (κ2) is 9.04. The lowest BCUT2D eigenvalue weighted by Crippen LogP contribution is -2.31. The number of likely N-dealkylation sites (tertiary alicyclic amines) is 1. The highest BCUT2D eigenvalue weighted by atomic mass is 15.2. The average Bonchev–Trinajstić information content (AvgIpc) is 2.82. The molecule has 1 rings (SSSR count). The van der Waals surface area contributed by atoms with Crippen molar-refractivity contribution in [2.45, 2.75) is 84.1 Å². The van der Waals surface area contributed by atoms with Gasteiger partial charge in [0.15, 0.2) is 0 Å². The van der Waals surface area contributed by atoms with Gasteiger partial charge in [0.05, 0.1) is 0 Å².